The highest BCUT2D eigenvalue weighted by Crippen LogP contribution is 2.33. The van der Waals surface area contributed by atoms with Crippen molar-refractivity contribution in [3.8, 4) is 0 Å². The summed E-state index contributed by atoms with van der Waals surface area (Å²) in [5.74, 6) is 0.169. The fourth-order valence-electron chi connectivity index (χ4n) is 6.43. The van der Waals surface area contributed by atoms with E-state index in [0.29, 0.717) is 5.92 Å². The molecule has 0 atom stereocenters. The van der Waals surface area contributed by atoms with Gasteiger partial charge in [0.25, 0.3) is 0 Å². The first-order chi connectivity index (χ1) is 22.6. The van der Waals surface area contributed by atoms with Crippen LogP contribution in [0.4, 0.5) is 0 Å². The molecule has 1 heterocycles. The summed E-state index contributed by atoms with van der Waals surface area (Å²) < 4.78 is 13.1. The number of hydrogen-bond donors (Lipinski definition) is 0. The average Bonchev–Trinajstić information content (AvgIpc) is 3.05. The van der Waals surface area contributed by atoms with Crippen molar-refractivity contribution in [1.82, 2.24) is 4.90 Å². The molecule has 0 aliphatic carbocycles. The minimum Gasteiger partial charge on any atom is -0.350 e. The predicted molar refractivity (Wildman–Crippen MR) is 205 cm³/mol. The molecule has 1 rings (SSSR count). The van der Waals surface area contributed by atoms with E-state index in [1.54, 1.807) is 0 Å². The molecule has 0 unspecified atom stereocenters. The van der Waals surface area contributed by atoms with Crippen molar-refractivity contribution in [1.29, 1.82) is 0 Å². The third kappa shape index (κ3) is 26.9. The smallest absolute Gasteiger partial charge is 0.168 e. The number of unbranched alkanes of at least 4 members (excludes halogenated alkanes) is 18. The monoisotopic (exact) mass is 642 g/mol. The maximum Gasteiger partial charge on any atom is 0.168 e. The highest BCUT2D eigenvalue weighted by atomic mass is 16.7. The Kier molecular flexibility index (Phi) is 30.2. The molecule has 0 radical (unpaired) electrons. The molecule has 1 aliphatic heterocycles. The van der Waals surface area contributed by atoms with Crippen LogP contribution in [0.3, 0.4) is 0 Å². The number of rotatable bonds is 32. The van der Waals surface area contributed by atoms with Crippen molar-refractivity contribution in [3.05, 3.63) is 48.6 Å². The third-order valence-electron chi connectivity index (χ3n) is 9.30. The van der Waals surface area contributed by atoms with Gasteiger partial charge >= 0.3 is 0 Å². The first kappa shape index (κ1) is 42.9. The third-order valence-corrected chi connectivity index (χ3v) is 9.30. The molecule has 1 saturated heterocycles. The lowest BCUT2D eigenvalue weighted by Gasteiger charge is -2.41. The van der Waals surface area contributed by atoms with E-state index in [-0.39, 0.29) is 5.79 Å². The Morgan fingerprint density at radius 2 is 0.826 bits per heavy atom. The average molecular weight is 642 g/mol. The van der Waals surface area contributed by atoms with E-state index in [0.717, 1.165) is 45.4 Å². The van der Waals surface area contributed by atoms with Gasteiger partial charge in [0.1, 0.15) is 0 Å². The van der Waals surface area contributed by atoms with E-state index in [1.807, 2.05) is 0 Å². The zero-order valence-electron chi connectivity index (χ0n) is 31.5. The van der Waals surface area contributed by atoms with Crippen LogP contribution in [0.25, 0.3) is 0 Å². The molecule has 1 aliphatic rings. The van der Waals surface area contributed by atoms with Gasteiger partial charge in [-0.3, -0.25) is 0 Å². The predicted octanol–water partition coefficient (Wildman–Crippen LogP) is 13.3. The van der Waals surface area contributed by atoms with E-state index < -0.39 is 0 Å². The van der Waals surface area contributed by atoms with Crippen LogP contribution in [0.2, 0.25) is 0 Å². The summed E-state index contributed by atoms with van der Waals surface area (Å²) in [6, 6.07) is 0. The lowest BCUT2D eigenvalue weighted by atomic mass is 9.97. The standard InChI is InChI=1S/C43H79NO2/c1-5-7-9-11-13-15-17-19-21-23-25-27-29-31-33-35-37-43(45-40-42(41-46-43)39-44(3)4)38-36-34-32-30-28-26-24-22-20-18-16-14-12-10-8-6-2/h13-16,19-22,42H,5-12,17-18,23-41H2,1-4H3. The Morgan fingerprint density at radius 1 is 0.478 bits per heavy atom. The van der Waals surface area contributed by atoms with E-state index in [4.69, 9.17) is 9.47 Å². The van der Waals surface area contributed by atoms with Crippen LogP contribution in [0.1, 0.15) is 181 Å². The normalized spacial score (nSPS) is 19.3. The second kappa shape index (κ2) is 32.4. The van der Waals surface area contributed by atoms with Crippen molar-refractivity contribution in [2.45, 2.75) is 187 Å². The lowest BCUT2D eigenvalue weighted by molar-refractivity contribution is -0.290. The number of hydrogen-bond acceptors (Lipinski definition) is 3. The van der Waals surface area contributed by atoms with E-state index in [2.05, 4.69) is 81.5 Å². The maximum absolute atomic E-state index is 6.55. The Hall–Kier alpha value is -1.16. The van der Waals surface area contributed by atoms with Gasteiger partial charge in [0.15, 0.2) is 5.79 Å². The van der Waals surface area contributed by atoms with Gasteiger partial charge in [-0.2, -0.15) is 0 Å². The van der Waals surface area contributed by atoms with Crippen LogP contribution in [-0.2, 0) is 9.47 Å². The molecule has 0 aromatic carbocycles. The van der Waals surface area contributed by atoms with Crippen LogP contribution >= 0.6 is 0 Å². The number of nitrogens with zero attached hydrogens (tertiary/aromatic N) is 1. The molecule has 1 fully saturated rings. The molecular weight excluding hydrogens is 562 g/mol. The van der Waals surface area contributed by atoms with Crippen molar-refractivity contribution < 1.29 is 9.47 Å². The maximum atomic E-state index is 6.55. The highest BCUT2D eigenvalue weighted by Gasteiger charge is 2.36. The summed E-state index contributed by atoms with van der Waals surface area (Å²) in [5, 5.41) is 0. The first-order valence-electron chi connectivity index (χ1n) is 20.1. The highest BCUT2D eigenvalue weighted by molar-refractivity contribution is 4.93. The molecule has 0 bridgehead atoms. The topological polar surface area (TPSA) is 21.7 Å². The summed E-state index contributed by atoms with van der Waals surface area (Å²) in [5.41, 5.74) is 0. The second-order valence-corrected chi connectivity index (χ2v) is 14.3. The van der Waals surface area contributed by atoms with Crippen molar-refractivity contribution in [3.63, 3.8) is 0 Å². The lowest BCUT2D eigenvalue weighted by Crippen LogP contribution is -2.46. The Balaban J connectivity index is 2.16. The second-order valence-electron chi connectivity index (χ2n) is 14.3. The number of allylic oxidation sites excluding steroid dienone is 8. The summed E-state index contributed by atoms with van der Waals surface area (Å²) in [7, 11) is 4.30. The van der Waals surface area contributed by atoms with E-state index in [9.17, 15) is 0 Å². The zero-order valence-corrected chi connectivity index (χ0v) is 31.5. The van der Waals surface area contributed by atoms with Gasteiger partial charge in [0, 0.05) is 25.3 Å². The van der Waals surface area contributed by atoms with Gasteiger partial charge in [-0.15, -0.1) is 0 Å². The molecule has 0 aromatic heterocycles. The molecule has 0 amide bonds. The van der Waals surface area contributed by atoms with Gasteiger partial charge < -0.3 is 14.4 Å². The van der Waals surface area contributed by atoms with Gasteiger partial charge in [0.05, 0.1) is 13.2 Å². The van der Waals surface area contributed by atoms with Crippen LogP contribution in [0.15, 0.2) is 48.6 Å². The minimum absolute atomic E-state index is 0.326. The molecule has 3 heteroatoms. The Morgan fingerprint density at radius 3 is 1.20 bits per heavy atom. The van der Waals surface area contributed by atoms with E-state index in [1.165, 1.54) is 141 Å². The van der Waals surface area contributed by atoms with Crippen molar-refractivity contribution in [2.75, 3.05) is 33.9 Å². The van der Waals surface area contributed by atoms with Gasteiger partial charge in [0.2, 0.25) is 0 Å². The zero-order chi connectivity index (χ0) is 33.2. The summed E-state index contributed by atoms with van der Waals surface area (Å²) >= 11 is 0. The quantitative estimate of drug-likeness (QED) is 0.0539. The first-order valence-corrected chi connectivity index (χ1v) is 20.1. The van der Waals surface area contributed by atoms with Crippen molar-refractivity contribution >= 4 is 0 Å². The van der Waals surface area contributed by atoms with Crippen LogP contribution in [0.5, 0.6) is 0 Å². The summed E-state index contributed by atoms with van der Waals surface area (Å²) in [6.45, 7) is 7.29. The van der Waals surface area contributed by atoms with Crippen LogP contribution in [0, 0.1) is 5.92 Å². The van der Waals surface area contributed by atoms with Crippen molar-refractivity contribution in [2.24, 2.45) is 5.92 Å². The SMILES string of the molecule is CCCCCC=CCC=CCCCCCCCCC1(CCCCCCCCC=CCC=CCCCCC)OCC(CN(C)C)CO1. The Labute approximate surface area is 288 Å². The molecule has 0 aromatic rings. The van der Waals surface area contributed by atoms with E-state index >= 15 is 0 Å². The largest absolute Gasteiger partial charge is 0.350 e. The summed E-state index contributed by atoms with van der Waals surface area (Å²) in [6.07, 6.45) is 52.0. The Bertz CT molecular complexity index is 694. The van der Waals surface area contributed by atoms with Gasteiger partial charge in [-0.1, -0.05) is 140 Å². The van der Waals surface area contributed by atoms with Gasteiger partial charge in [-0.25, -0.2) is 0 Å². The molecule has 0 saturated carbocycles. The minimum atomic E-state index is -0.326. The molecular formula is C43H79NO2. The summed E-state index contributed by atoms with van der Waals surface area (Å²) in [4.78, 5) is 2.26. The molecule has 3 nitrogen and oxygen atoms in total. The van der Waals surface area contributed by atoms with Gasteiger partial charge in [-0.05, 0) is 91.1 Å². The molecule has 0 spiro atoms. The molecule has 46 heavy (non-hydrogen) atoms. The fourth-order valence-corrected chi connectivity index (χ4v) is 6.43. The van der Waals surface area contributed by atoms with Crippen LogP contribution < -0.4 is 0 Å². The number of ether oxygens (including phenoxy) is 2. The fraction of sp³-hybridized carbons (Fsp3) is 0.814. The molecule has 268 valence electrons. The van der Waals surface area contributed by atoms with Crippen LogP contribution in [-0.4, -0.2) is 44.5 Å². The molecule has 0 N–H and O–H groups in total.